The average Bonchev–Trinajstić information content (AvgIpc) is 3.41. The molecule has 1 N–H and O–H groups in total. The SMILES string of the molecule is CC[C@@H](Nc1ccc(OC)cc1)[C@H]1CN1[C@H](C)c1ccccc1. The molecule has 4 atom stereocenters. The second kappa shape index (κ2) is 7.05. The Bertz CT molecular complexity index is 611. The second-order valence-corrected chi connectivity index (χ2v) is 6.24. The van der Waals surface area contributed by atoms with Gasteiger partial charge in [-0.15, -0.1) is 0 Å². The molecule has 0 radical (unpaired) electrons. The number of nitrogens with zero attached hydrogens (tertiary/aromatic N) is 1. The van der Waals surface area contributed by atoms with Crippen LogP contribution in [0.5, 0.6) is 5.75 Å². The Hall–Kier alpha value is -2.00. The Labute approximate surface area is 139 Å². The molecule has 1 heterocycles. The van der Waals surface area contributed by atoms with Crippen molar-refractivity contribution >= 4 is 5.69 Å². The van der Waals surface area contributed by atoms with E-state index in [1.807, 2.05) is 12.1 Å². The van der Waals surface area contributed by atoms with Gasteiger partial charge in [0.05, 0.1) is 7.11 Å². The highest BCUT2D eigenvalue weighted by Gasteiger charge is 2.42. The van der Waals surface area contributed by atoms with Crippen molar-refractivity contribution in [2.45, 2.75) is 38.4 Å². The van der Waals surface area contributed by atoms with Crippen molar-refractivity contribution < 1.29 is 4.74 Å². The number of nitrogens with one attached hydrogen (secondary N) is 1. The summed E-state index contributed by atoms with van der Waals surface area (Å²) < 4.78 is 5.22. The van der Waals surface area contributed by atoms with Gasteiger partial charge in [-0.3, -0.25) is 4.90 Å². The van der Waals surface area contributed by atoms with Crippen LogP contribution in [0.2, 0.25) is 0 Å². The predicted octanol–water partition coefficient (Wildman–Crippen LogP) is 4.33. The molecule has 0 spiro atoms. The zero-order valence-electron chi connectivity index (χ0n) is 14.2. The number of hydrogen-bond donors (Lipinski definition) is 1. The monoisotopic (exact) mass is 310 g/mol. The normalized spacial score (nSPS) is 22.2. The molecule has 1 aliphatic heterocycles. The van der Waals surface area contributed by atoms with Gasteiger partial charge in [-0.1, -0.05) is 37.3 Å². The standard InChI is InChI=1S/C20H26N2O/c1-4-19(21-17-10-12-18(23-3)13-11-17)20-14-22(20)15(2)16-8-6-5-7-9-16/h5-13,15,19-21H,4,14H2,1-3H3/t15-,19-,20-,22?/m1/s1. The Kier molecular flexibility index (Phi) is 4.87. The van der Waals surface area contributed by atoms with E-state index >= 15 is 0 Å². The molecule has 23 heavy (non-hydrogen) atoms. The number of benzene rings is 2. The summed E-state index contributed by atoms with van der Waals surface area (Å²) in [5.74, 6) is 0.898. The van der Waals surface area contributed by atoms with Crippen molar-refractivity contribution in [2.75, 3.05) is 19.0 Å². The number of hydrogen-bond acceptors (Lipinski definition) is 3. The minimum absolute atomic E-state index is 0.480. The van der Waals surface area contributed by atoms with Crippen LogP contribution in [0.1, 0.15) is 31.9 Å². The first-order valence-electron chi connectivity index (χ1n) is 8.44. The third-order valence-electron chi connectivity index (χ3n) is 4.82. The van der Waals surface area contributed by atoms with Crippen LogP contribution in [0.3, 0.4) is 0 Å². The lowest BCUT2D eigenvalue weighted by Gasteiger charge is -2.21. The molecule has 0 aromatic heterocycles. The van der Waals surface area contributed by atoms with E-state index in [1.165, 1.54) is 5.56 Å². The van der Waals surface area contributed by atoms with Crippen LogP contribution in [0, 0.1) is 0 Å². The Morgan fingerprint density at radius 1 is 1.13 bits per heavy atom. The molecule has 122 valence electrons. The summed E-state index contributed by atoms with van der Waals surface area (Å²) >= 11 is 0. The summed E-state index contributed by atoms with van der Waals surface area (Å²) in [5.41, 5.74) is 2.56. The fraction of sp³-hybridized carbons (Fsp3) is 0.400. The van der Waals surface area contributed by atoms with Gasteiger partial charge in [0.1, 0.15) is 5.75 Å². The first kappa shape index (κ1) is 15.9. The lowest BCUT2D eigenvalue weighted by Crippen LogP contribution is -2.28. The Balaban J connectivity index is 1.61. The van der Waals surface area contributed by atoms with Crippen molar-refractivity contribution in [3.05, 3.63) is 60.2 Å². The third-order valence-corrected chi connectivity index (χ3v) is 4.82. The van der Waals surface area contributed by atoms with Crippen LogP contribution >= 0.6 is 0 Å². The quantitative estimate of drug-likeness (QED) is 0.770. The summed E-state index contributed by atoms with van der Waals surface area (Å²) in [6.07, 6.45) is 1.12. The maximum Gasteiger partial charge on any atom is 0.119 e. The van der Waals surface area contributed by atoms with Gasteiger partial charge in [0.2, 0.25) is 0 Å². The zero-order valence-corrected chi connectivity index (χ0v) is 14.2. The number of ether oxygens (including phenoxy) is 1. The molecule has 1 saturated heterocycles. The van der Waals surface area contributed by atoms with Crippen LogP contribution in [0.15, 0.2) is 54.6 Å². The average molecular weight is 310 g/mol. The van der Waals surface area contributed by atoms with Crippen LogP contribution in [0.25, 0.3) is 0 Å². The zero-order chi connectivity index (χ0) is 16.2. The number of methoxy groups -OCH3 is 1. The molecule has 1 fully saturated rings. The van der Waals surface area contributed by atoms with E-state index in [9.17, 15) is 0 Å². The van der Waals surface area contributed by atoms with Crippen LogP contribution < -0.4 is 10.1 Å². The lowest BCUT2D eigenvalue weighted by molar-refractivity contribution is 0.386. The van der Waals surface area contributed by atoms with Crippen molar-refractivity contribution in [3.8, 4) is 5.75 Å². The topological polar surface area (TPSA) is 24.3 Å². The fourth-order valence-electron chi connectivity index (χ4n) is 3.27. The van der Waals surface area contributed by atoms with Crippen molar-refractivity contribution in [1.82, 2.24) is 4.90 Å². The molecule has 0 aliphatic carbocycles. The number of rotatable bonds is 7. The summed E-state index contributed by atoms with van der Waals surface area (Å²) in [6, 6.07) is 20.5. The maximum absolute atomic E-state index is 5.22. The summed E-state index contributed by atoms with van der Waals surface area (Å²) in [4.78, 5) is 2.57. The van der Waals surface area contributed by atoms with Crippen molar-refractivity contribution in [1.29, 1.82) is 0 Å². The molecule has 2 aromatic carbocycles. The summed E-state index contributed by atoms with van der Waals surface area (Å²) in [7, 11) is 1.70. The molecule has 0 amide bonds. The van der Waals surface area contributed by atoms with Gasteiger partial charge in [-0.2, -0.15) is 0 Å². The molecule has 0 bridgehead atoms. The van der Waals surface area contributed by atoms with E-state index < -0.39 is 0 Å². The first-order chi connectivity index (χ1) is 11.2. The Morgan fingerprint density at radius 2 is 1.83 bits per heavy atom. The largest absolute Gasteiger partial charge is 0.497 e. The van der Waals surface area contributed by atoms with E-state index in [-0.39, 0.29) is 0 Å². The van der Waals surface area contributed by atoms with Gasteiger partial charge < -0.3 is 10.1 Å². The van der Waals surface area contributed by atoms with Crippen LogP contribution in [-0.2, 0) is 0 Å². The van der Waals surface area contributed by atoms with E-state index in [0.717, 1.165) is 24.4 Å². The maximum atomic E-state index is 5.22. The van der Waals surface area contributed by atoms with E-state index in [2.05, 4.69) is 66.5 Å². The van der Waals surface area contributed by atoms with Crippen LogP contribution in [-0.4, -0.2) is 30.6 Å². The van der Waals surface area contributed by atoms with Gasteiger partial charge in [0.15, 0.2) is 0 Å². The molecule has 3 nitrogen and oxygen atoms in total. The van der Waals surface area contributed by atoms with Gasteiger partial charge in [0.25, 0.3) is 0 Å². The predicted molar refractivity (Wildman–Crippen MR) is 96.0 cm³/mol. The molecular formula is C20H26N2O. The summed E-state index contributed by atoms with van der Waals surface area (Å²) in [6.45, 7) is 5.72. The Morgan fingerprint density at radius 3 is 2.43 bits per heavy atom. The molecule has 3 heteroatoms. The summed E-state index contributed by atoms with van der Waals surface area (Å²) in [5, 5.41) is 3.68. The van der Waals surface area contributed by atoms with E-state index in [1.54, 1.807) is 7.11 Å². The minimum Gasteiger partial charge on any atom is -0.497 e. The fourth-order valence-corrected chi connectivity index (χ4v) is 3.27. The van der Waals surface area contributed by atoms with Crippen LogP contribution in [0.4, 0.5) is 5.69 Å². The van der Waals surface area contributed by atoms with Gasteiger partial charge >= 0.3 is 0 Å². The first-order valence-corrected chi connectivity index (χ1v) is 8.44. The number of anilines is 1. The van der Waals surface area contributed by atoms with Crippen molar-refractivity contribution in [3.63, 3.8) is 0 Å². The van der Waals surface area contributed by atoms with Gasteiger partial charge in [-0.05, 0) is 43.2 Å². The second-order valence-electron chi connectivity index (χ2n) is 6.24. The lowest BCUT2D eigenvalue weighted by atomic mass is 10.1. The molecule has 0 saturated carbocycles. The smallest absolute Gasteiger partial charge is 0.119 e. The molecule has 3 rings (SSSR count). The van der Waals surface area contributed by atoms with E-state index in [4.69, 9.17) is 4.74 Å². The van der Waals surface area contributed by atoms with Gasteiger partial charge in [-0.25, -0.2) is 0 Å². The van der Waals surface area contributed by atoms with Gasteiger partial charge in [0, 0.05) is 30.4 Å². The molecule has 1 unspecified atom stereocenters. The highest BCUT2D eigenvalue weighted by atomic mass is 16.5. The minimum atomic E-state index is 0.480. The molecule has 1 aliphatic rings. The third kappa shape index (κ3) is 3.67. The highest BCUT2D eigenvalue weighted by molar-refractivity contribution is 5.47. The van der Waals surface area contributed by atoms with Crippen molar-refractivity contribution in [2.24, 2.45) is 0 Å². The molecular weight excluding hydrogens is 284 g/mol. The highest BCUT2D eigenvalue weighted by Crippen LogP contribution is 2.35. The molecule has 2 aromatic rings. The van der Waals surface area contributed by atoms with E-state index in [0.29, 0.717) is 18.1 Å².